The Bertz CT molecular complexity index is 325. The van der Waals surface area contributed by atoms with Crippen LogP contribution in [0.5, 0.6) is 5.75 Å². The lowest BCUT2D eigenvalue weighted by Crippen LogP contribution is -2.20. The van der Waals surface area contributed by atoms with Gasteiger partial charge in [0.25, 0.3) is 0 Å². The monoisotopic (exact) mass is 225 g/mol. The van der Waals surface area contributed by atoms with Gasteiger partial charge in [0.05, 0.1) is 5.02 Å². The second-order valence-electron chi connectivity index (χ2n) is 3.28. The minimum Gasteiger partial charge on any atom is -0.491 e. The van der Waals surface area contributed by atoms with Gasteiger partial charge in [-0.3, -0.25) is 0 Å². The number of hydrogen-bond donors (Lipinski definition) is 1. The molecule has 0 aromatic heterocycles. The Kier molecular flexibility index (Phi) is 5.22. The van der Waals surface area contributed by atoms with Crippen molar-refractivity contribution in [2.75, 3.05) is 19.7 Å². The Hall–Kier alpha value is -0.990. The van der Waals surface area contributed by atoms with E-state index in [9.17, 15) is 0 Å². The van der Waals surface area contributed by atoms with Crippen LogP contribution in [0.15, 0.2) is 30.9 Å². The van der Waals surface area contributed by atoms with Crippen LogP contribution < -0.4 is 10.1 Å². The fraction of sp³-hybridized carbons (Fsp3) is 0.333. The molecule has 15 heavy (non-hydrogen) atoms. The smallest absolute Gasteiger partial charge is 0.137 e. The van der Waals surface area contributed by atoms with Crippen LogP contribution in [0.4, 0.5) is 0 Å². The third-order valence-electron chi connectivity index (χ3n) is 1.91. The second kappa shape index (κ2) is 6.49. The average Bonchev–Trinajstić information content (AvgIpc) is 2.20. The van der Waals surface area contributed by atoms with Crippen molar-refractivity contribution in [3.05, 3.63) is 41.4 Å². The van der Waals surface area contributed by atoms with E-state index in [0.29, 0.717) is 11.6 Å². The van der Waals surface area contributed by atoms with Crippen LogP contribution in [0, 0.1) is 6.92 Å². The summed E-state index contributed by atoms with van der Waals surface area (Å²) in [6, 6.07) is 5.78. The zero-order valence-corrected chi connectivity index (χ0v) is 9.68. The van der Waals surface area contributed by atoms with Crippen LogP contribution in [0.1, 0.15) is 5.56 Å². The van der Waals surface area contributed by atoms with Crippen LogP contribution in [0.25, 0.3) is 0 Å². The van der Waals surface area contributed by atoms with Crippen molar-refractivity contribution in [2.45, 2.75) is 6.92 Å². The Morgan fingerprint density at radius 3 is 3.00 bits per heavy atom. The summed E-state index contributed by atoms with van der Waals surface area (Å²) in [5, 5.41) is 3.82. The van der Waals surface area contributed by atoms with Gasteiger partial charge in [0, 0.05) is 13.1 Å². The van der Waals surface area contributed by atoms with Crippen molar-refractivity contribution >= 4 is 11.6 Å². The first-order chi connectivity index (χ1) is 7.24. The van der Waals surface area contributed by atoms with Crippen LogP contribution in [0.2, 0.25) is 5.02 Å². The number of rotatable bonds is 6. The van der Waals surface area contributed by atoms with Crippen molar-refractivity contribution in [1.82, 2.24) is 5.32 Å². The highest BCUT2D eigenvalue weighted by Crippen LogP contribution is 2.24. The first-order valence-electron chi connectivity index (χ1n) is 4.94. The minimum absolute atomic E-state index is 0.608. The molecule has 1 aromatic carbocycles. The summed E-state index contributed by atoms with van der Waals surface area (Å²) in [6.07, 6.45) is 1.82. The molecule has 0 fully saturated rings. The van der Waals surface area contributed by atoms with Crippen LogP contribution in [-0.2, 0) is 0 Å². The number of halogens is 1. The summed E-state index contributed by atoms with van der Waals surface area (Å²) in [4.78, 5) is 0. The number of nitrogens with one attached hydrogen (secondary N) is 1. The molecular formula is C12H16ClNO. The number of aryl methyl sites for hydroxylation is 1. The van der Waals surface area contributed by atoms with Gasteiger partial charge in [-0.05, 0) is 24.6 Å². The van der Waals surface area contributed by atoms with Gasteiger partial charge in [0.2, 0.25) is 0 Å². The Morgan fingerprint density at radius 2 is 2.33 bits per heavy atom. The van der Waals surface area contributed by atoms with Crippen molar-refractivity contribution in [2.24, 2.45) is 0 Å². The lowest BCUT2D eigenvalue weighted by atomic mass is 10.2. The molecule has 0 saturated heterocycles. The minimum atomic E-state index is 0.608. The third-order valence-corrected chi connectivity index (χ3v) is 2.21. The maximum atomic E-state index is 6.01. The maximum absolute atomic E-state index is 6.01. The molecule has 2 nitrogen and oxygen atoms in total. The molecule has 0 heterocycles. The zero-order valence-electron chi connectivity index (χ0n) is 8.92. The Morgan fingerprint density at radius 1 is 1.53 bits per heavy atom. The predicted octanol–water partition coefficient (Wildman–Crippen LogP) is 2.80. The quantitative estimate of drug-likeness (QED) is 0.594. The Balaban J connectivity index is 2.34. The van der Waals surface area contributed by atoms with Crippen LogP contribution >= 0.6 is 11.6 Å². The molecule has 0 saturated carbocycles. The highest BCUT2D eigenvalue weighted by molar-refractivity contribution is 6.32. The van der Waals surface area contributed by atoms with E-state index < -0.39 is 0 Å². The number of hydrogen-bond acceptors (Lipinski definition) is 2. The van der Waals surface area contributed by atoms with E-state index in [-0.39, 0.29) is 0 Å². The maximum Gasteiger partial charge on any atom is 0.137 e. The van der Waals surface area contributed by atoms with E-state index in [1.54, 1.807) is 0 Å². The molecule has 0 spiro atoms. The molecule has 1 N–H and O–H groups in total. The molecule has 0 unspecified atom stereocenters. The number of ether oxygens (including phenoxy) is 1. The largest absolute Gasteiger partial charge is 0.491 e. The van der Waals surface area contributed by atoms with Crippen LogP contribution in [-0.4, -0.2) is 19.7 Å². The van der Waals surface area contributed by atoms with E-state index in [1.807, 2.05) is 31.2 Å². The molecule has 0 radical (unpaired) electrons. The van der Waals surface area contributed by atoms with Gasteiger partial charge in [-0.25, -0.2) is 0 Å². The molecule has 82 valence electrons. The fourth-order valence-corrected chi connectivity index (χ4v) is 1.45. The molecule has 3 heteroatoms. The molecule has 0 atom stereocenters. The van der Waals surface area contributed by atoms with Gasteiger partial charge >= 0.3 is 0 Å². The molecule has 1 aromatic rings. The summed E-state index contributed by atoms with van der Waals surface area (Å²) in [5.41, 5.74) is 1.14. The summed E-state index contributed by atoms with van der Waals surface area (Å²) >= 11 is 6.01. The van der Waals surface area contributed by atoms with Gasteiger partial charge in [0.1, 0.15) is 12.4 Å². The molecular weight excluding hydrogens is 210 g/mol. The predicted molar refractivity (Wildman–Crippen MR) is 64.8 cm³/mol. The topological polar surface area (TPSA) is 21.3 Å². The van der Waals surface area contributed by atoms with E-state index in [2.05, 4.69) is 11.9 Å². The zero-order chi connectivity index (χ0) is 11.1. The lowest BCUT2D eigenvalue weighted by Gasteiger charge is -2.08. The molecule has 0 bridgehead atoms. The van der Waals surface area contributed by atoms with E-state index >= 15 is 0 Å². The van der Waals surface area contributed by atoms with Crippen molar-refractivity contribution < 1.29 is 4.74 Å². The van der Waals surface area contributed by atoms with Crippen molar-refractivity contribution in [3.8, 4) is 5.75 Å². The van der Waals surface area contributed by atoms with Crippen LogP contribution in [0.3, 0.4) is 0 Å². The first kappa shape index (κ1) is 12.1. The summed E-state index contributed by atoms with van der Waals surface area (Å²) < 4.78 is 5.51. The van der Waals surface area contributed by atoms with Gasteiger partial charge in [-0.15, -0.1) is 6.58 Å². The molecule has 0 amide bonds. The van der Waals surface area contributed by atoms with Gasteiger partial charge in [0.15, 0.2) is 0 Å². The van der Waals surface area contributed by atoms with Crippen molar-refractivity contribution in [3.63, 3.8) is 0 Å². The van der Waals surface area contributed by atoms with E-state index in [0.717, 1.165) is 24.4 Å². The van der Waals surface area contributed by atoms with E-state index in [4.69, 9.17) is 16.3 Å². The summed E-state index contributed by atoms with van der Waals surface area (Å²) in [7, 11) is 0. The first-order valence-corrected chi connectivity index (χ1v) is 5.32. The normalized spacial score (nSPS) is 10.0. The molecule has 1 rings (SSSR count). The summed E-state index contributed by atoms with van der Waals surface area (Å²) in [5.74, 6) is 0.739. The lowest BCUT2D eigenvalue weighted by molar-refractivity contribution is 0.316. The summed E-state index contributed by atoms with van der Waals surface area (Å²) in [6.45, 7) is 7.81. The fourth-order valence-electron chi connectivity index (χ4n) is 1.16. The molecule has 0 aliphatic rings. The van der Waals surface area contributed by atoms with Crippen molar-refractivity contribution in [1.29, 1.82) is 0 Å². The van der Waals surface area contributed by atoms with E-state index in [1.165, 1.54) is 0 Å². The van der Waals surface area contributed by atoms with Gasteiger partial charge in [-0.1, -0.05) is 23.7 Å². The molecule has 0 aliphatic carbocycles. The third kappa shape index (κ3) is 4.36. The van der Waals surface area contributed by atoms with Gasteiger partial charge in [-0.2, -0.15) is 0 Å². The highest BCUT2D eigenvalue weighted by atomic mass is 35.5. The highest BCUT2D eigenvalue weighted by Gasteiger charge is 2.00. The average molecular weight is 226 g/mol. The molecule has 0 aliphatic heterocycles. The second-order valence-corrected chi connectivity index (χ2v) is 3.68. The Labute approximate surface area is 95.9 Å². The number of benzene rings is 1. The van der Waals surface area contributed by atoms with Gasteiger partial charge < -0.3 is 10.1 Å². The SMILES string of the molecule is C=CCNCCOc1ccc(C)cc1Cl. The standard InChI is InChI=1S/C12H16ClNO/c1-3-6-14-7-8-15-12-5-4-10(2)9-11(12)13/h3-5,9,14H,1,6-8H2,2H3.